The van der Waals surface area contributed by atoms with E-state index in [1.807, 2.05) is 0 Å². The highest BCUT2D eigenvalue weighted by Gasteiger charge is 1.98. The average molecular weight is 175 g/mol. The van der Waals surface area contributed by atoms with E-state index in [1.165, 1.54) is 7.11 Å². The highest BCUT2D eigenvalue weighted by molar-refractivity contribution is 5.70. The fourth-order valence-electron chi connectivity index (χ4n) is 0.740. The van der Waals surface area contributed by atoms with Crippen LogP contribution in [-0.4, -0.2) is 32.8 Å². The molecule has 0 saturated heterocycles. The summed E-state index contributed by atoms with van der Waals surface area (Å²) in [4.78, 5) is 10.5. The summed E-state index contributed by atoms with van der Waals surface area (Å²) in [6, 6.07) is 0. The Labute approximate surface area is 73.0 Å². The summed E-state index contributed by atoms with van der Waals surface area (Å²) >= 11 is 0. The van der Waals surface area contributed by atoms with Crippen molar-refractivity contribution in [1.82, 2.24) is 0 Å². The van der Waals surface area contributed by atoms with Gasteiger partial charge in [0.2, 0.25) is 0 Å². The van der Waals surface area contributed by atoms with Gasteiger partial charge in [-0.25, -0.2) is 4.79 Å². The van der Waals surface area contributed by atoms with Crippen molar-refractivity contribution in [1.29, 1.82) is 0 Å². The van der Waals surface area contributed by atoms with Crippen LogP contribution in [-0.2, 0) is 14.3 Å². The molecular weight excluding hydrogens is 158 g/mol. The Bertz CT molecular complexity index is 117. The first kappa shape index (κ1) is 11.4. The van der Waals surface area contributed by atoms with E-state index in [1.54, 1.807) is 0 Å². The number of unbranched alkanes of at least 4 members (excludes halogenated alkanes) is 2. The molecule has 0 heterocycles. The number of carbonyl (C=O) groups is 1. The maximum atomic E-state index is 10.5. The third-order valence-corrected chi connectivity index (χ3v) is 1.44. The van der Waals surface area contributed by atoms with Gasteiger partial charge in [-0.15, -0.1) is 0 Å². The first-order valence-electron chi connectivity index (χ1n) is 4.16. The van der Waals surface area contributed by atoms with Crippen LogP contribution >= 0.6 is 0 Å². The van der Waals surface area contributed by atoms with Gasteiger partial charge in [0.15, 0.2) is 0 Å². The van der Waals surface area contributed by atoms with Gasteiger partial charge in [0.05, 0.1) is 7.11 Å². The van der Waals surface area contributed by atoms with Crippen molar-refractivity contribution >= 4 is 5.97 Å². The number of ether oxygens (including phenoxy) is 2. The van der Waals surface area contributed by atoms with E-state index in [2.05, 4.69) is 4.74 Å². The molecule has 0 aromatic carbocycles. The lowest BCUT2D eigenvalue weighted by Crippen LogP contribution is -2.11. The Hall–Kier alpha value is -0.610. The molecule has 0 amide bonds. The van der Waals surface area contributed by atoms with Crippen molar-refractivity contribution in [2.45, 2.75) is 19.3 Å². The molecule has 0 aromatic heterocycles. The predicted octanol–water partition coefficient (Wildman–Crippen LogP) is 0.305. The summed E-state index contributed by atoms with van der Waals surface area (Å²) in [5, 5.41) is 0. The number of methoxy groups -OCH3 is 1. The number of nitrogens with two attached hydrogens (primary N) is 1. The van der Waals surface area contributed by atoms with Crippen LogP contribution in [0.4, 0.5) is 0 Å². The first-order valence-corrected chi connectivity index (χ1v) is 4.16. The number of rotatable bonds is 7. The maximum Gasteiger partial charge on any atom is 0.331 e. The molecule has 72 valence electrons. The topological polar surface area (TPSA) is 61.5 Å². The van der Waals surface area contributed by atoms with Gasteiger partial charge < -0.3 is 15.2 Å². The zero-order chi connectivity index (χ0) is 9.23. The van der Waals surface area contributed by atoms with Crippen LogP contribution in [0.5, 0.6) is 0 Å². The fraction of sp³-hybridized carbons (Fsp3) is 0.875. The molecule has 0 unspecified atom stereocenters. The molecule has 0 atom stereocenters. The van der Waals surface area contributed by atoms with Crippen LogP contribution in [0, 0.1) is 0 Å². The SMILES string of the molecule is COC(=O)COCCCCCN. The highest BCUT2D eigenvalue weighted by Crippen LogP contribution is 1.93. The van der Waals surface area contributed by atoms with Crippen molar-refractivity contribution in [2.24, 2.45) is 5.73 Å². The summed E-state index contributed by atoms with van der Waals surface area (Å²) in [6.45, 7) is 1.38. The summed E-state index contributed by atoms with van der Waals surface area (Å²) in [5.41, 5.74) is 5.30. The quantitative estimate of drug-likeness (QED) is 0.446. The van der Waals surface area contributed by atoms with Gasteiger partial charge >= 0.3 is 5.97 Å². The zero-order valence-electron chi connectivity index (χ0n) is 7.54. The van der Waals surface area contributed by atoms with E-state index in [4.69, 9.17) is 10.5 Å². The van der Waals surface area contributed by atoms with Gasteiger partial charge in [-0.05, 0) is 25.8 Å². The third-order valence-electron chi connectivity index (χ3n) is 1.44. The minimum absolute atomic E-state index is 0.0547. The largest absolute Gasteiger partial charge is 0.467 e. The smallest absolute Gasteiger partial charge is 0.331 e. The Morgan fingerprint density at radius 1 is 1.33 bits per heavy atom. The van der Waals surface area contributed by atoms with Gasteiger partial charge in [0, 0.05) is 6.61 Å². The highest BCUT2D eigenvalue weighted by atomic mass is 16.6. The summed E-state index contributed by atoms with van der Waals surface area (Å²) in [5.74, 6) is -0.325. The Morgan fingerprint density at radius 2 is 2.08 bits per heavy atom. The molecule has 0 bridgehead atoms. The Morgan fingerprint density at radius 3 is 2.67 bits per heavy atom. The lowest BCUT2D eigenvalue weighted by molar-refractivity contribution is -0.145. The average Bonchev–Trinajstić information content (AvgIpc) is 2.10. The molecule has 0 aliphatic rings. The number of carbonyl (C=O) groups excluding carboxylic acids is 1. The molecule has 0 saturated carbocycles. The molecule has 0 aliphatic heterocycles. The van der Waals surface area contributed by atoms with E-state index in [0.717, 1.165) is 25.8 Å². The Balaban J connectivity index is 2.95. The Kier molecular flexibility index (Phi) is 8.05. The fourth-order valence-corrected chi connectivity index (χ4v) is 0.740. The molecule has 0 radical (unpaired) electrons. The third kappa shape index (κ3) is 7.50. The summed E-state index contributed by atoms with van der Waals surface area (Å²) in [7, 11) is 1.35. The van der Waals surface area contributed by atoms with Crippen LogP contribution in [0.25, 0.3) is 0 Å². The van der Waals surface area contributed by atoms with E-state index in [9.17, 15) is 4.79 Å². The van der Waals surface area contributed by atoms with Crippen molar-refractivity contribution in [3.63, 3.8) is 0 Å². The van der Waals surface area contributed by atoms with E-state index >= 15 is 0 Å². The number of hydrogen-bond donors (Lipinski definition) is 1. The van der Waals surface area contributed by atoms with Crippen LogP contribution < -0.4 is 5.73 Å². The molecule has 12 heavy (non-hydrogen) atoms. The van der Waals surface area contributed by atoms with Gasteiger partial charge in [-0.3, -0.25) is 0 Å². The lowest BCUT2D eigenvalue weighted by atomic mass is 10.2. The molecule has 4 nitrogen and oxygen atoms in total. The van der Waals surface area contributed by atoms with Gasteiger partial charge in [-0.1, -0.05) is 0 Å². The monoisotopic (exact) mass is 175 g/mol. The normalized spacial score (nSPS) is 9.83. The molecule has 4 heteroatoms. The maximum absolute atomic E-state index is 10.5. The number of esters is 1. The van der Waals surface area contributed by atoms with Gasteiger partial charge in [-0.2, -0.15) is 0 Å². The van der Waals surface area contributed by atoms with Crippen molar-refractivity contribution < 1.29 is 14.3 Å². The van der Waals surface area contributed by atoms with Crippen LogP contribution in [0.2, 0.25) is 0 Å². The van der Waals surface area contributed by atoms with Crippen molar-refractivity contribution in [2.75, 3.05) is 26.9 Å². The van der Waals surface area contributed by atoms with Crippen molar-refractivity contribution in [3.8, 4) is 0 Å². The van der Waals surface area contributed by atoms with Crippen LogP contribution in [0.15, 0.2) is 0 Å². The minimum atomic E-state index is -0.325. The van der Waals surface area contributed by atoms with E-state index < -0.39 is 0 Å². The molecule has 0 fully saturated rings. The second-order valence-corrected chi connectivity index (χ2v) is 2.48. The zero-order valence-corrected chi connectivity index (χ0v) is 7.54. The van der Waals surface area contributed by atoms with Crippen LogP contribution in [0.3, 0.4) is 0 Å². The number of hydrogen-bond acceptors (Lipinski definition) is 4. The molecule has 2 N–H and O–H groups in total. The molecular formula is C8H17NO3. The second kappa shape index (κ2) is 8.49. The lowest BCUT2D eigenvalue weighted by Gasteiger charge is -2.01. The minimum Gasteiger partial charge on any atom is -0.467 e. The molecule has 0 aromatic rings. The summed E-state index contributed by atoms with van der Waals surface area (Å²) in [6.07, 6.45) is 3.02. The standard InChI is InChI=1S/C8H17NO3/c1-11-8(10)7-12-6-4-2-3-5-9/h2-7,9H2,1H3. The van der Waals surface area contributed by atoms with Gasteiger partial charge in [0.25, 0.3) is 0 Å². The molecule has 0 aliphatic carbocycles. The molecule has 0 spiro atoms. The van der Waals surface area contributed by atoms with E-state index in [0.29, 0.717) is 6.61 Å². The van der Waals surface area contributed by atoms with Crippen molar-refractivity contribution in [3.05, 3.63) is 0 Å². The predicted molar refractivity (Wildman–Crippen MR) is 45.7 cm³/mol. The van der Waals surface area contributed by atoms with Gasteiger partial charge in [0.1, 0.15) is 6.61 Å². The summed E-state index contributed by atoms with van der Waals surface area (Å²) < 4.78 is 9.41. The first-order chi connectivity index (χ1) is 5.81. The molecule has 0 rings (SSSR count). The van der Waals surface area contributed by atoms with E-state index in [-0.39, 0.29) is 12.6 Å². The second-order valence-electron chi connectivity index (χ2n) is 2.48. The van der Waals surface area contributed by atoms with Crippen LogP contribution in [0.1, 0.15) is 19.3 Å².